The van der Waals surface area contributed by atoms with Crippen molar-refractivity contribution in [2.75, 3.05) is 44.2 Å². The van der Waals surface area contributed by atoms with E-state index in [1.165, 1.54) is 0 Å². The van der Waals surface area contributed by atoms with E-state index in [2.05, 4.69) is 14.8 Å². The van der Waals surface area contributed by atoms with Crippen molar-refractivity contribution in [1.82, 2.24) is 9.88 Å². The van der Waals surface area contributed by atoms with Crippen molar-refractivity contribution in [3.8, 4) is 5.75 Å². The maximum atomic E-state index is 9.68. The minimum Gasteiger partial charge on any atom is -0.508 e. The normalized spacial score (nSPS) is 16.8. The number of piperazine rings is 1. The van der Waals surface area contributed by atoms with E-state index in [1.807, 2.05) is 18.3 Å². The average molecular weight is 273 g/mol. The molecule has 3 rings (SSSR count). The van der Waals surface area contributed by atoms with Gasteiger partial charge in [0.05, 0.1) is 6.61 Å². The Labute approximate surface area is 118 Å². The molecular formula is C15H19N3O2. The summed E-state index contributed by atoms with van der Waals surface area (Å²) in [6, 6.07) is 7.35. The predicted octanol–water partition coefficient (Wildman–Crippen LogP) is 1.05. The molecule has 0 saturated carbocycles. The lowest BCUT2D eigenvalue weighted by Crippen LogP contribution is -2.47. The van der Waals surface area contributed by atoms with Gasteiger partial charge in [0.1, 0.15) is 11.6 Å². The number of phenols is 1. The molecule has 0 atom stereocenters. The highest BCUT2D eigenvalue weighted by molar-refractivity contribution is 5.93. The molecule has 2 heterocycles. The number of aromatic hydroxyl groups is 1. The van der Waals surface area contributed by atoms with Gasteiger partial charge in [-0.15, -0.1) is 0 Å². The average Bonchev–Trinajstić information content (AvgIpc) is 2.48. The number of hydrogen-bond acceptors (Lipinski definition) is 5. The highest BCUT2D eigenvalue weighted by atomic mass is 16.3. The number of fused-ring (bicyclic) bond motifs is 1. The number of anilines is 1. The number of aliphatic hydroxyl groups excluding tert-OH is 1. The minimum absolute atomic E-state index is 0.209. The number of hydrogen-bond donors (Lipinski definition) is 2. The van der Waals surface area contributed by atoms with Gasteiger partial charge < -0.3 is 15.1 Å². The quantitative estimate of drug-likeness (QED) is 0.875. The van der Waals surface area contributed by atoms with Gasteiger partial charge in [0.15, 0.2) is 0 Å². The van der Waals surface area contributed by atoms with Crippen molar-refractivity contribution in [3.63, 3.8) is 0 Å². The SMILES string of the molecule is OCCN1CCN(c2nccc3ccc(O)cc23)CC1. The first-order valence-electron chi connectivity index (χ1n) is 6.94. The van der Waals surface area contributed by atoms with Crippen LogP contribution in [0.4, 0.5) is 5.82 Å². The first-order valence-corrected chi connectivity index (χ1v) is 6.94. The maximum absolute atomic E-state index is 9.68. The number of β-amino-alcohol motifs (C(OH)–C–C–N with tert-alkyl or cyclic N) is 1. The van der Waals surface area contributed by atoms with E-state index < -0.39 is 0 Å². The van der Waals surface area contributed by atoms with Gasteiger partial charge in [0.25, 0.3) is 0 Å². The Balaban J connectivity index is 1.86. The zero-order chi connectivity index (χ0) is 13.9. The fourth-order valence-electron chi connectivity index (χ4n) is 2.72. The Bertz CT molecular complexity index is 595. The van der Waals surface area contributed by atoms with Crippen LogP contribution >= 0.6 is 0 Å². The van der Waals surface area contributed by atoms with E-state index in [4.69, 9.17) is 5.11 Å². The van der Waals surface area contributed by atoms with Crippen LogP contribution in [0, 0.1) is 0 Å². The monoisotopic (exact) mass is 273 g/mol. The van der Waals surface area contributed by atoms with E-state index >= 15 is 0 Å². The molecule has 106 valence electrons. The van der Waals surface area contributed by atoms with E-state index in [0.29, 0.717) is 0 Å². The number of benzene rings is 1. The van der Waals surface area contributed by atoms with Crippen LogP contribution in [0.2, 0.25) is 0 Å². The molecule has 5 nitrogen and oxygen atoms in total. The molecule has 1 aliphatic heterocycles. The molecule has 1 aromatic heterocycles. The Morgan fingerprint density at radius 3 is 2.65 bits per heavy atom. The lowest BCUT2D eigenvalue weighted by molar-refractivity contribution is 0.188. The number of aromatic nitrogens is 1. The highest BCUT2D eigenvalue weighted by Gasteiger charge is 2.19. The van der Waals surface area contributed by atoms with Crippen LogP contribution in [-0.4, -0.2) is 59.4 Å². The summed E-state index contributed by atoms with van der Waals surface area (Å²) in [6.45, 7) is 4.58. The molecule has 5 heteroatoms. The van der Waals surface area contributed by atoms with Gasteiger partial charge in [-0.3, -0.25) is 4.90 Å². The third-order valence-electron chi connectivity index (χ3n) is 3.82. The number of rotatable bonds is 3. The minimum atomic E-state index is 0.209. The van der Waals surface area contributed by atoms with E-state index in [0.717, 1.165) is 49.3 Å². The summed E-state index contributed by atoms with van der Waals surface area (Å²) in [5.74, 6) is 1.20. The van der Waals surface area contributed by atoms with E-state index in [-0.39, 0.29) is 12.4 Å². The van der Waals surface area contributed by atoms with Crippen LogP contribution in [0.1, 0.15) is 0 Å². The van der Waals surface area contributed by atoms with Crippen LogP contribution in [0.3, 0.4) is 0 Å². The fourth-order valence-corrected chi connectivity index (χ4v) is 2.72. The molecule has 0 bridgehead atoms. The zero-order valence-electron chi connectivity index (χ0n) is 11.4. The number of pyridine rings is 1. The van der Waals surface area contributed by atoms with Crippen LogP contribution < -0.4 is 4.90 Å². The van der Waals surface area contributed by atoms with Gasteiger partial charge in [-0.2, -0.15) is 0 Å². The molecule has 2 aromatic rings. The largest absolute Gasteiger partial charge is 0.508 e. The van der Waals surface area contributed by atoms with Gasteiger partial charge in [-0.05, 0) is 23.6 Å². The summed E-state index contributed by atoms with van der Waals surface area (Å²) in [5.41, 5.74) is 0. The van der Waals surface area contributed by atoms with E-state index in [1.54, 1.807) is 12.1 Å². The van der Waals surface area contributed by atoms with Crippen molar-refractivity contribution in [2.24, 2.45) is 0 Å². The highest BCUT2D eigenvalue weighted by Crippen LogP contribution is 2.28. The topological polar surface area (TPSA) is 59.8 Å². The van der Waals surface area contributed by atoms with Gasteiger partial charge in [-0.25, -0.2) is 4.98 Å². The standard InChI is InChI=1S/C15H19N3O2/c19-10-9-17-5-7-18(8-6-17)15-14-11-13(20)2-1-12(14)3-4-16-15/h1-4,11,19-20H,5-10H2. The Morgan fingerprint density at radius 1 is 1.10 bits per heavy atom. The molecule has 1 saturated heterocycles. The number of phenolic OH excluding ortho intramolecular Hbond substituents is 1. The van der Waals surface area contributed by atoms with Gasteiger partial charge in [0, 0.05) is 44.3 Å². The van der Waals surface area contributed by atoms with Crippen molar-refractivity contribution < 1.29 is 10.2 Å². The van der Waals surface area contributed by atoms with Gasteiger partial charge in [-0.1, -0.05) is 6.07 Å². The third kappa shape index (κ3) is 2.55. The van der Waals surface area contributed by atoms with Crippen molar-refractivity contribution in [1.29, 1.82) is 0 Å². The summed E-state index contributed by atoms with van der Waals surface area (Å²) in [6.07, 6.45) is 1.81. The second-order valence-corrected chi connectivity index (χ2v) is 5.09. The first-order chi connectivity index (χ1) is 9.78. The van der Waals surface area contributed by atoms with Crippen molar-refractivity contribution in [3.05, 3.63) is 30.5 Å². The summed E-state index contributed by atoms with van der Waals surface area (Å²) in [4.78, 5) is 8.98. The Hall–Kier alpha value is -1.85. The Morgan fingerprint density at radius 2 is 1.90 bits per heavy atom. The molecule has 1 fully saturated rings. The molecule has 0 radical (unpaired) electrons. The third-order valence-corrected chi connectivity index (χ3v) is 3.82. The molecule has 20 heavy (non-hydrogen) atoms. The van der Waals surface area contributed by atoms with Gasteiger partial charge >= 0.3 is 0 Å². The zero-order valence-corrected chi connectivity index (χ0v) is 11.4. The van der Waals surface area contributed by atoms with Crippen LogP contribution in [0.25, 0.3) is 10.8 Å². The first kappa shape index (κ1) is 13.1. The summed E-state index contributed by atoms with van der Waals surface area (Å²) < 4.78 is 0. The molecule has 0 unspecified atom stereocenters. The molecular weight excluding hydrogens is 254 g/mol. The molecule has 0 spiro atoms. The van der Waals surface area contributed by atoms with Crippen molar-refractivity contribution in [2.45, 2.75) is 0 Å². The van der Waals surface area contributed by atoms with Crippen LogP contribution in [0.15, 0.2) is 30.5 Å². The Kier molecular flexibility index (Phi) is 3.71. The lowest BCUT2D eigenvalue weighted by Gasteiger charge is -2.35. The van der Waals surface area contributed by atoms with Crippen LogP contribution in [0.5, 0.6) is 5.75 Å². The maximum Gasteiger partial charge on any atom is 0.136 e. The van der Waals surface area contributed by atoms with Gasteiger partial charge in [0.2, 0.25) is 0 Å². The lowest BCUT2D eigenvalue weighted by atomic mass is 10.1. The summed E-state index contributed by atoms with van der Waals surface area (Å²) in [7, 11) is 0. The second-order valence-electron chi connectivity index (χ2n) is 5.09. The van der Waals surface area contributed by atoms with Crippen molar-refractivity contribution >= 4 is 16.6 Å². The number of aliphatic hydroxyl groups is 1. The second kappa shape index (κ2) is 5.64. The molecule has 2 N–H and O–H groups in total. The molecule has 1 aliphatic rings. The van der Waals surface area contributed by atoms with E-state index in [9.17, 15) is 5.11 Å². The van der Waals surface area contributed by atoms with Crippen LogP contribution in [-0.2, 0) is 0 Å². The fraction of sp³-hybridized carbons (Fsp3) is 0.400. The summed E-state index contributed by atoms with van der Waals surface area (Å²) >= 11 is 0. The smallest absolute Gasteiger partial charge is 0.136 e. The summed E-state index contributed by atoms with van der Waals surface area (Å²) in [5, 5.41) is 20.7. The molecule has 0 amide bonds. The predicted molar refractivity (Wildman–Crippen MR) is 79.1 cm³/mol. The number of nitrogens with zero attached hydrogens (tertiary/aromatic N) is 3. The molecule has 0 aliphatic carbocycles. The molecule has 1 aromatic carbocycles.